The van der Waals surface area contributed by atoms with Gasteiger partial charge in [0.25, 0.3) is 0 Å². The molecule has 0 saturated carbocycles. The SMILES string of the molecule is O=C(CC1C(=O)NCCN1Cc1ccccc1F)NCc1ccc(N2CCOCC2)cc1. The molecule has 170 valence electrons. The van der Waals surface area contributed by atoms with Crippen molar-refractivity contribution in [1.82, 2.24) is 15.5 Å². The molecule has 0 bridgehead atoms. The summed E-state index contributed by atoms with van der Waals surface area (Å²) < 4.78 is 19.5. The number of hydrogen-bond acceptors (Lipinski definition) is 5. The highest BCUT2D eigenvalue weighted by molar-refractivity contribution is 5.88. The van der Waals surface area contributed by atoms with Crippen LogP contribution in [-0.2, 0) is 27.4 Å². The molecule has 0 aromatic heterocycles. The third-order valence-corrected chi connectivity index (χ3v) is 5.95. The van der Waals surface area contributed by atoms with E-state index < -0.39 is 6.04 Å². The number of carbonyl (C=O) groups is 2. The van der Waals surface area contributed by atoms with Crippen molar-refractivity contribution in [2.24, 2.45) is 0 Å². The van der Waals surface area contributed by atoms with Gasteiger partial charge in [-0.3, -0.25) is 14.5 Å². The van der Waals surface area contributed by atoms with Gasteiger partial charge < -0.3 is 20.3 Å². The normalized spacial score (nSPS) is 19.5. The molecule has 2 aromatic carbocycles. The lowest BCUT2D eigenvalue weighted by atomic mass is 10.1. The summed E-state index contributed by atoms with van der Waals surface area (Å²) in [5.74, 6) is -0.706. The Balaban J connectivity index is 1.31. The summed E-state index contributed by atoms with van der Waals surface area (Å²) in [7, 11) is 0. The Morgan fingerprint density at radius 3 is 2.59 bits per heavy atom. The minimum atomic E-state index is -0.618. The van der Waals surface area contributed by atoms with Crippen LogP contribution in [0.15, 0.2) is 48.5 Å². The van der Waals surface area contributed by atoms with Gasteiger partial charge in [-0.05, 0) is 23.8 Å². The van der Waals surface area contributed by atoms with Gasteiger partial charge in [0.05, 0.1) is 25.7 Å². The lowest BCUT2D eigenvalue weighted by molar-refractivity contribution is -0.134. The zero-order valence-corrected chi connectivity index (χ0v) is 18.1. The topological polar surface area (TPSA) is 73.9 Å². The molecule has 32 heavy (non-hydrogen) atoms. The van der Waals surface area contributed by atoms with E-state index in [9.17, 15) is 14.0 Å². The van der Waals surface area contributed by atoms with E-state index in [1.165, 1.54) is 6.07 Å². The first-order chi connectivity index (χ1) is 15.6. The van der Waals surface area contributed by atoms with Crippen molar-refractivity contribution in [3.63, 3.8) is 0 Å². The zero-order valence-electron chi connectivity index (χ0n) is 18.1. The lowest BCUT2D eigenvalue weighted by Crippen LogP contribution is -2.56. The smallest absolute Gasteiger partial charge is 0.237 e. The number of benzene rings is 2. The highest BCUT2D eigenvalue weighted by Crippen LogP contribution is 2.18. The minimum absolute atomic E-state index is 0.0339. The van der Waals surface area contributed by atoms with Gasteiger partial charge in [0.1, 0.15) is 5.82 Å². The number of halogens is 1. The molecule has 7 nitrogen and oxygen atoms in total. The number of amides is 2. The van der Waals surface area contributed by atoms with E-state index in [0.29, 0.717) is 31.7 Å². The fourth-order valence-corrected chi connectivity index (χ4v) is 4.11. The summed E-state index contributed by atoms with van der Waals surface area (Å²) in [6.45, 7) is 4.97. The Hall–Kier alpha value is -2.97. The fourth-order valence-electron chi connectivity index (χ4n) is 4.11. The maximum Gasteiger partial charge on any atom is 0.237 e. The molecule has 2 aliphatic heterocycles. The second kappa shape index (κ2) is 10.6. The van der Waals surface area contributed by atoms with Gasteiger partial charge in [0.15, 0.2) is 0 Å². The van der Waals surface area contributed by atoms with Crippen LogP contribution in [0.1, 0.15) is 17.5 Å². The van der Waals surface area contributed by atoms with E-state index in [1.54, 1.807) is 18.2 Å². The molecule has 2 N–H and O–H groups in total. The number of morpholine rings is 1. The van der Waals surface area contributed by atoms with E-state index in [1.807, 2.05) is 17.0 Å². The van der Waals surface area contributed by atoms with Crippen molar-refractivity contribution >= 4 is 17.5 Å². The summed E-state index contributed by atoms with van der Waals surface area (Å²) in [6.07, 6.45) is 0.0339. The Labute approximate surface area is 187 Å². The predicted molar refractivity (Wildman–Crippen MR) is 120 cm³/mol. The van der Waals surface area contributed by atoms with Crippen LogP contribution < -0.4 is 15.5 Å². The summed E-state index contributed by atoms with van der Waals surface area (Å²) in [5.41, 5.74) is 2.66. The molecule has 2 aromatic rings. The second-order valence-electron chi connectivity index (χ2n) is 8.12. The monoisotopic (exact) mass is 440 g/mol. The molecule has 0 spiro atoms. The van der Waals surface area contributed by atoms with E-state index in [-0.39, 0.29) is 24.1 Å². The second-order valence-corrected chi connectivity index (χ2v) is 8.12. The predicted octanol–water partition coefficient (Wildman–Crippen LogP) is 1.67. The summed E-state index contributed by atoms with van der Waals surface area (Å²) >= 11 is 0. The van der Waals surface area contributed by atoms with Crippen LogP contribution >= 0.6 is 0 Å². The molecule has 2 fully saturated rings. The van der Waals surface area contributed by atoms with Crippen LogP contribution in [0.2, 0.25) is 0 Å². The Kier molecular flexibility index (Phi) is 7.34. The number of hydrogen-bond donors (Lipinski definition) is 2. The van der Waals surface area contributed by atoms with Gasteiger partial charge in [-0.2, -0.15) is 0 Å². The maximum absolute atomic E-state index is 14.1. The van der Waals surface area contributed by atoms with Gasteiger partial charge >= 0.3 is 0 Å². The highest BCUT2D eigenvalue weighted by Gasteiger charge is 2.31. The first-order valence-corrected chi connectivity index (χ1v) is 11.0. The average Bonchev–Trinajstić information content (AvgIpc) is 2.82. The Morgan fingerprint density at radius 2 is 1.84 bits per heavy atom. The van der Waals surface area contributed by atoms with Gasteiger partial charge in [0.2, 0.25) is 11.8 Å². The van der Waals surface area contributed by atoms with E-state index in [4.69, 9.17) is 4.74 Å². The first-order valence-electron chi connectivity index (χ1n) is 11.0. The molecular formula is C24H29FN4O3. The number of anilines is 1. The summed E-state index contributed by atoms with van der Waals surface area (Å²) in [4.78, 5) is 29.2. The third-order valence-electron chi connectivity index (χ3n) is 5.95. The molecule has 1 atom stereocenters. The molecule has 2 saturated heterocycles. The number of nitrogens with one attached hydrogen (secondary N) is 2. The van der Waals surface area contributed by atoms with E-state index in [0.717, 1.165) is 37.6 Å². The molecule has 8 heteroatoms. The number of carbonyl (C=O) groups excluding carboxylic acids is 2. The molecule has 0 radical (unpaired) electrons. The summed E-state index contributed by atoms with van der Waals surface area (Å²) in [6, 6.07) is 14.0. The van der Waals surface area contributed by atoms with Gasteiger partial charge in [-0.1, -0.05) is 30.3 Å². The number of piperazine rings is 1. The molecular weight excluding hydrogens is 411 g/mol. The summed E-state index contributed by atoms with van der Waals surface area (Å²) in [5, 5.41) is 5.72. The van der Waals surface area contributed by atoms with Crippen molar-refractivity contribution < 1.29 is 18.7 Å². The van der Waals surface area contributed by atoms with Crippen molar-refractivity contribution in [1.29, 1.82) is 0 Å². The average molecular weight is 441 g/mol. The van der Waals surface area contributed by atoms with Crippen LogP contribution in [0.5, 0.6) is 0 Å². The highest BCUT2D eigenvalue weighted by atomic mass is 19.1. The minimum Gasteiger partial charge on any atom is -0.378 e. The first kappa shape index (κ1) is 22.2. The molecule has 2 amide bonds. The van der Waals surface area contributed by atoms with Crippen molar-refractivity contribution in [3.05, 3.63) is 65.5 Å². The molecule has 2 heterocycles. The number of nitrogens with zero attached hydrogens (tertiary/aromatic N) is 2. The number of ether oxygens (including phenoxy) is 1. The molecule has 2 aliphatic rings. The van der Waals surface area contributed by atoms with Crippen LogP contribution in [-0.4, -0.2) is 62.1 Å². The zero-order chi connectivity index (χ0) is 22.3. The van der Waals surface area contributed by atoms with Crippen molar-refractivity contribution in [2.75, 3.05) is 44.3 Å². The largest absolute Gasteiger partial charge is 0.378 e. The van der Waals surface area contributed by atoms with Crippen molar-refractivity contribution in [3.8, 4) is 0 Å². The van der Waals surface area contributed by atoms with Crippen LogP contribution in [0.3, 0.4) is 0 Å². The Bertz CT molecular complexity index is 931. The third kappa shape index (κ3) is 5.63. The Morgan fingerprint density at radius 1 is 1.09 bits per heavy atom. The molecule has 0 aliphatic carbocycles. The van der Waals surface area contributed by atoms with Gasteiger partial charge in [0, 0.05) is 50.5 Å². The van der Waals surface area contributed by atoms with E-state index >= 15 is 0 Å². The van der Waals surface area contributed by atoms with Crippen LogP contribution in [0, 0.1) is 5.82 Å². The quantitative estimate of drug-likeness (QED) is 0.685. The van der Waals surface area contributed by atoms with Gasteiger partial charge in [-0.25, -0.2) is 4.39 Å². The van der Waals surface area contributed by atoms with E-state index in [2.05, 4.69) is 27.7 Å². The fraction of sp³-hybridized carbons (Fsp3) is 0.417. The number of rotatable bonds is 7. The maximum atomic E-state index is 14.1. The lowest BCUT2D eigenvalue weighted by Gasteiger charge is -2.34. The van der Waals surface area contributed by atoms with Gasteiger partial charge in [-0.15, -0.1) is 0 Å². The van der Waals surface area contributed by atoms with Crippen molar-refractivity contribution in [2.45, 2.75) is 25.6 Å². The van der Waals surface area contributed by atoms with Crippen LogP contribution in [0.25, 0.3) is 0 Å². The van der Waals surface area contributed by atoms with Crippen LogP contribution in [0.4, 0.5) is 10.1 Å². The molecule has 1 unspecified atom stereocenters. The standard InChI is InChI=1S/C24H29FN4O3/c25-21-4-2-1-3-19(21)17-29-10-9-26-24(31)22(29)15-23(30)27-16-18-5-7-20(8-6-18)28-11-13-32-14-12-28/h1-8,22H,9-17H2,(H,26,31)(H,27,30). The molecule has 4 rings (SSSR count).